The fourth-order valence-electron chi connectivity index (χ4n) is 1.44. The molecule has 0 bridgehead atoms. The molecule has 1 atom stereocenters. The molecule has 1 fully saturated rings. The van der Waals surface area contributed by atoms with Gasteiger partial charge < -0.3 is 15.2 Å². The third-order valence-corrected chi connectivity index (χ3v) is 2.12. The van der Waals surface area contributed by atoms with Crippen molar-refractivity contribution in [2.45, 2.75) is 19.8 Å². The van der Waals surface area contributed by atoms with Crippen LogP contribution in [-0.2, 0) is 4.74 Å². The molecular formula is C8H18N2O2. The summed E-state index contributed by atoms with van der Waals surface area (Å²) < 4.78 is 5.22. The quantitative estimate of drug-likeness (QED) is 0.571. The Morgan fingerprint density at radius 2 is 2.08 bits per heavy atom. The molecule has 0 saturated carbocycles. The van der Waals surface area contributed by atoms with Crippen LogP contribution in [0, 0.1) is 0 Å². The fourth-order valence-corrected chi connectivity index (χ4v) is 1.44. The topological polar surface area (TPSA) is 44.7 Å². The maximum atomic E-state index is 9.82. The second-order valence-electron chi connectivity index (χ2n) is 3.10. The Morgan fingerprint density at radius 1 is 1.50 bits per heavy atom. The van der Waals surface area contributed by atoms with Gasteiger partial charge in [0.15, 0.2) is 0 Å². The van der Waals surface area contributed by atoms with Crippen LogP contribution in [0.4, 0.5) is 0 Å². The molecule has 0 aromatic heterocycles. The molecule has 12 heavy (non-hydrogen) atoms. The largest absolute Gasteiger partial charge is 0.353 e. The molecule has 72 valence electrons. The van der Waals surface area contributed by atoms with Crippen molar-refractivity contribution in [1.29, 1.82) is 0 Å². The average Bonchev–Trinajstić information content (AvgIpc) is 2.06. The molecule has 0 aliphatic carbocycles. The van der Waals surface area contributed by atoms with Crippen LogP contribution in [0.2, 0.25) is 0 Å². The summed E-state index contributed by atoms with van der Waals surface area (Å²) in [6.45, 7) is 7.64. The molecule has 0 spiro atoms. The van der Waals surface area contributed by atoms with Crippen LogP contribution >= 0.6 is 0 Å². The number of nitrogens with zero attached hydrogens (tertiary/aromatic N) is 1. The SMILES string of the molecule is CCOC(C)(O)N1CCNCC1. The van der Waals surface area contributed by atoms with Gasteiger partial charge in [0.1, 0.15) is 0 Å². The second kappa shape index (κ2) is 4.18. The minimum atomic E-state index is -1.09. The van der Waals surface area contributed by atoms with Crippen molar-refractivity contribution >= 4 is 0 Å². The van der Waals surface area contributed by atoms with Gasteiger partial charge in [-0.05, 0) is 6.92 Å². The number of ether oxygens (including phenoxy) is 1. The van der Waals surface area contributed by atoms with E-state index in [0.29, 0.717) is 6.61 Å². The number of hydrogen-bond donors (Lipinski definition) is 2. The van der Waals surface area contributed by atoms with Gasteiger partial charge >= 0.3 is 0 Å². The molecule has 4 nitrogen and oxygen atoms in total. The van der Waals surface area contributed by atoms with Crippen LogP contribution in [0.3, 0.4) is 0 Å². The smallest absolute Gasteiger partial charge is 0.224 e. The highest BCUT2D eigenvalue weighted by Gasteiger charge is 2.30. The molecule has 4 heteroatoms. The first-order valence-corrected chi connectivity index (χ1v) is 4.49. The molecule has 1 saturated heterocycles. The van der Waals surface area contributed by atoms with E-state index >= 15 is 0 Å². The monoisotopic (exact) mass is 174 g/mol. The summed E-state index contributed by atoms with van der Waals surface area (Å²) in [6.07, 6.45) is 0. The van der Waals surface area contributed by atoms with Gasteiger partial charge in [0.25, 0.3) is 0 Å². The van der Waals surface area contributed by atoms with E-state index in [1.54, 1.807) is 6.92 Å². The van der Waals surface area contributed by atoms with E-state index in [9.17, 15) is 5.11 Å². The Morgan fingerprint density at radius 3 is 2.58 bits per heavy atom. The van der Waals surface area contributed by atoms with Crippen LogP contribution in [0.1, 0.15) is 13.8 Å². The first kappa shape index (κ1) is 9.92. The van der Waals surface area contributed by atoms with Crippen LogP contribution in [-0.4, -0.2) is 48.7 Å². The first-order chi connectivity index (χ1) is 5.67. The maximum absolute atomic E-state index is 9.82. The Balaban J connectivity index is 2.41. The molecule has 0 amide bonds. The zero-order valence-corrected chi connectivity index (χ0v) is 7.84. The van der Waals surface area contributed by atoms with Crippen molar-refractivity contribution in [1.82, 2.24) is 10.2 Å². The predicted molar refractivity (Wildman–Crippen MR) is 46.7 cm³/mol. The summed E-state index contributed by atoms with van der Waals surface area (Å²) in [5.41, 5.74) is 0. The highest BCUT2D eigenvalue weighted by molar-refractivity contribution is 4.72. The van der Waals surface area contributed by atoms with E-state index in [-0.39, 0.29) is 0 Å². The Labute approximate surface area is 73.5 Å². The number of rotatable bonds is 3. The van der Waals surface area contributed by atoms with Gasteiger partial charge in [-0.15, -0.1) is 0 Å². The average molecular weight is 174 g/mol. The second-order valence-corrected chi connectivity index (χ2v) is 3.10. The van der Waals surface area contributed by atoms with E-state index in [2.05, 4.69) is 5.32 Å². The van der Waals surface area contributed by atoms with Crippen LogP contribution in [0.5, 0.6) is 0 Å². The lowest BCUT2D eigenvalue weighted by atomic mass is 10.3. The minimum Gasteiger partial charge on any atom is -0.353 e. The number of piperazine rings is 1. The Hall–Kier alpha value is -0.160. The molecule has 2 N–H and O–H groups in total. The van der Waals surface area contributed by atoms with Crippen LogP contribution in [0.25, 0.3) is 0 Å². The summed E-state index contributed by atoms with van der Waals surface area (Å²) in [5.74, 6) is -1.09. The van der Waals surface area contributed by atoms with Crippen molar-refractivity contribution in [3.63, 3.8) is 0 Å². The first-order valence-electron chi connectivity index (χ1n) is 4.49. The van der Waals surface area contributed by atoms with E-state index in [1.807, 2.05) is 11.8 Å². The number of aliphatic hydroxyl groups is 1. The lowest BCUT2D eigenvalue weighted by Crippen LogP contribution is -2.56. The van der Waals surface area contributed by atoms with Gasteiger partial charge in [0, 0.05) is 39.7 Å². The minimum absolute atomic E-state index is 0.539. The van der Waals surface area contributed by atoms with Crippen molar-refractivity contribution in [2.24, 2.45) is 0 Å². The van der Waals surface area contributed by atoms with Gasteiger partial charge in [-0.25, -0.2) is 0 Å². The third-order valence-electron chi connectivity index (χ3n) is 2.12. The van der Waals surface area contributed by atoms with E-state index < -0.39 is 5.91 Å². The molecule has 0 aromatic carbocycles. The highest BCUT2D eigenvalue weighted by Crippen LogP contribution is 2.13. The lowest BCUT2D eigenvalue weighted by molar-refractivity contribution is -0.280. The molecule has 1 heterocycles. The fraction of sp³-hybridized carbons (Fsp3) is 1.00. The van der Waals surface area contributed by atoms with Crippen LogP contribution in [0.15, 0.2) is 0 Å². The summed E-state index contributed by atoms with van der Waals surface area (Å²) in [7, 11) is 0. The molecular weight excluding hydrogens is 156 g/mol. The van der Waals surface area contributed by atoms with Crippen molar-refractivity contribution in [2.75, 3.05) is 32.8 Å². The van der Waals surface area contributed by atoms with E-state index in [1.165, 1.54) is 0 Å². The zero-order valence-electron chi connectivity index (χ0n) is 7.84. The summed E-state index contributed by atoms with van der Waals surface area (Å²) in [5, 5.41) is 13.0. The summed E-state index contributed by atoms with van der Waals surface area (Å²) in [4.78, 5) is 1.94. The molecule has 0 radical (unpaired) electrons. The Kier molecular flexibility index (Phi) is 3.46. The predicted octanol–water partition coefficient (Wildman–Crippen LogP) is -0.406. The van der Waals surface area contributed by atoms with Gasteiger partial charge in [0.05, 0.1) is 0 Å². The normalized spacial score (nSPS) is 25.2. The van der Waals surface area contributed by atoms with Crippen molar-refractivity contribution < 1.29 is 9.84 Å². The van der Waals surface area contributed by atoms with E-state index in [0.717, 1.165) is 26.2 Å². The Bertz CT molecular complexity index is 133. The molecule has 1 unspecified atom stereocenters. The lowest BCUT2D eigenvalue weighted by Gasteiger charge is -2.38. The zero-order chi connectivity index (χ0) is 9.03. The van der Waals surface area contributed by atoms with Gasteiger partial charge in [0.2, 0.25) is 5.91 Å². The summed E-state index contributed by atoms with van der Waals surface area (Å²) >= 11 is 0. The van der Waals surface area contributed by atoms with Gasteiger partial charge in [-0.1, -0.05) is 0 Å². The van der Waals surface area contributed by atoms with Gasteiger partial charge in [-0.3, -0.25) is 4.90 Å². The highest BCUT2D eigenvalue weighted by atomic mass is 16.6. The van der Waals surface area contributed by atoms with Gasteiger partial charge in [-0.2, -0.15) is 0 Å². The van der Waals surface area contributed by atoms with E-state index in [4.69, 9.17) is 4.74 Å². The molecule has 0 aromatic rings. The third kappa shape index (κ3) is 2.42. The molecule has 1 aliphatic heterocycles. The number of nitrogens with one attached hydrogen (secondary N) is 1. The van der Waals surface area contributed by atoms with Crippen molar-refractivity contribution in [3.8, 4) is 0 Å². The standard InChI is InChI=1S/C8H18N2O2/c1-3-12-8(2,11)10-6-4-9-5-7-10/h9,11H,3-7H2,1-2H3. The van der Waals surface area contributed by atoms with Crippen molar-refractivity contribution in [3.05, 3.63) is 0 Å². The molecule has 1 aliphatic rings. The van der Waals surface area contributed by atoms with Crippen LogP contribution < -0.4 is 5.32 Å². The number of hydrogen-bond acceptors (Lipinski definition) is 4. The molecule has 1 rings (SSSR count). The summed E-state index contributed by atoms with van der Waals surface area (Å²) in [6, 6.07) is 0. The maximum Gasteiger partial charge on any atom is 0.224 e.